The molecule has 1 aliphatic heterocycles. The van der Waals surface area contributed by atoms with Crippen LogP contribution in [0.25, 0.3) is 0 Å². The molecule has 0 amide bonds. The first-order valence-corrected chi connectivity index (χ1v) is 8.75. The van der Waals surface area contributed by atoms with E-state index in [0.29, 0.717) is 5.69 Å². The normalized spacial score (nSPS) is 16.2. The summed E-state index contributed by atoms with van der Waals surface area (Å²) in [5.74, 6) is -1.09. The van der Waals surface area contributed by atoms with Crippen molar-refractivity contribution in [2.24, 2.45) is 0 Å². The molecule has 0 aromatic heterocycles. The number of hydrogen-bond acceptors (Lipinski definition) is 4. The van der Waals surface area contributed by atoms with Crippen LogP contribution in [0.3, 0.4) is 0 Å². The third-order valence-electron chi connectivity index (χ3n) is 3.84. The number of benzene rings is 1. The predicted molar refractivity (Wildman–Crippen MR) is 81.8 cm³/mol. The van der Waals surface area contributed by atoms with Crippen LogP contribution in [-0.2, 0) is 9.84 Å². The first-order chi connectivity index (χ1) is 9.84. The first kappa shape index (κ1) is 15.8. The number of rotatable bonds is 4. The topological polar surface area (TPSA) is 74.7 Å². The molecule has 1 aromatic carbocycles. The van der Waals surface area contributed by atoms with E-state index < -0.39 is 21.1 Å². The highest BCUT2D eigenvalue weighted by atomic mass is 32.2. The number of piperidine rings is 1. The largest absolute Gasteiger partial charge is 0.478 e. The summed E-state index contributed by atoms with van der Waals surface area (Å²) in [6.07, 6.45) is 3.22. The van der Waals surface area contributed by atoms with Crippen molar-refractivity contribution in [3.63, 3.8) is 0 Å². The summed E-state index contributed by atoms with van der Waals surface area (Å²) in [4.78, 5) is 13.6. The van der Waals surface area contributed by atoms with Crippen molar-refractivity contribution in [1.29, 1.82) is 0 Å². The van der Waals surface area contributed by atoms with Gasteiger partial charge in [0.15, 0.2) is 9.84 Å². The maximum Gasteiger partial charge on any atom is 0.337 e. The third kappa shape index (κ3) is 3.20. The van der Waals surface area contributed by atoms with Gasteiger partial charge in [0, 0.05) is 13.1 Å². The Labute approximate surface area is 125 Å². The van der Waals surface area contributed by atoms with E-state index in [-0.39, 0.29) is 10.5 Å². The zero-order valence-electron chi connectivity index (χ0n) is 12.4. The van der Waals surface area contributed by atoms with Gasteiger partial charge in [0.05, 0.1) is 21.4 Å². The number of sulfone groups is 1. The van der Waals surface area contributed by atoms with E-state index in [2.05, 4.69) is 0 Å². The van der Waals surface area contributed by atoms with E-state index in [4.69, 9.17) is 0 Å². The Morgan fingerprint density at radius 2 is 1.81 bits per heavy atom. The molecule has 1 saturated heterocycles. The van der Waals surface area contributed by atoms with E-state index in [9.17, 15) is 18.3 Å². The van der Waals surface area contributed by atoms with E-state index in [1.54, 1.807) is 19.9 Å². The maximum atomic E-state index is 12.2. The molecule has 0 unspecified atom stereocenters. The van der Waals surface area contributed by atoms with Gasteiger partial charge in [-0.15, -0.1) is 0 Å². The van der Waals surface area contributed by atoms with Crippen LogP contribution in [0.4, 0.5) is 5.69 Å². The zero-order chi connectivity index (χ0) is 15.6. The van der Waals surface area contributed by atoms with Gasteiger partial charge in [-0.2, -0.15) is 0 Å². The summed E-state index contributed by atoms with van der Waals surface area (Å²) >= 11 is 0. The first-order valence-electron chi connectivity index (χ1n) is 7.20. The molecule has 6 heteroatoms. The Morgan fingerprint density at radius 3 is 2.33 bits per heavy atom. The van der Waals surface area contributed by atoms with Crippen molar-refractivity contribution in [3.8, 4) is 0 Å². The molecule has 0 saturated carbocycles. The van der Waals surface area contributed by atoms with Gasteiger partial charge in [0.25, 0.3) is 0 Å². The third-order valence-corrected chi connectivity index (χ3v) is 6.00. The lowest BCUT2D eigenvalue weighted by molar-refractivity contribution is 0.0697. The molecule has 0 aliphatic carbocycles. The standard InChI is InChI=1S/C15H21NO4S/c1-11(2)21(19,20)12-6-7-14(13(10-12)15(17)18)16-8-4-3-5-9-16/h6-7,10-11H,3-5,8-9H2,1-2H3,(H,17,18). The van der Waals surface area contributed by atoms with Crippen molar-refractivity contribution in [3.05, 3.63) is 23.8 Å². The Morgan fingerprint density at radius 1 is 1.19 bits per heavy atom. The Bertz CT molecular complexity index is 631. The Hall–Kier alpha value is -1.56. The average molecular weight is 311 g/mol. The molecule has 21 heavy (non-hydrogen) atoms. The lowest BCUT2D eigenvalue weighted by atomic mass is 10.1. The fourth-order valence-electron chi connectivity index (χ4n) is 2.55. The number of carbonyl (C=O) groups is 1. The van der Waals surface area contributed by atoms with Crippen molar-refractivity contribution in [2.75, 3.05) is 18.0 Å². The van der Waals surface area contributed by atoms with Crippen molar-refractivity contribution in [1.82, 2.24) is 0 Å². The molecular weight excluding hydrogens is 290 g/mol. The van der Waals surface area contributed by atoms with Crippen LogP contribution in [0.15, 0.2) is 23.1 Å². The minimum absolute atomic E-state index is 0.0682. The zero-order valence-corrected chi connectivity index (χ0v) is 13.2. The lowest BCUT2D eigenvalue weighted by Gasteiger charge is -2.30. The minimum Gasteiger partial charge on any atom is -0.478 e. The molecule has 0 atom stereocenters. The highest BCUT2D eigenvalue weighted by Gasteiger charge is 2.24. The highest BCUT2D eigenvalue weighted by Crippen LogP contribution is 2.28. The summed E-state index contributed by atoms with van der Waals surface area (Å²) in [7, 11) is -3.46. The number of anilines is 1. The number of carboxylic acid groups (broad SMARTS) is 1. The molecule has 1 aromatic rings. The number of aromatic carboxylic acids is 1. The van der Waals surface area contributed by atoms with E-state index in [1.165, 1.54) is 12.1 Å². The molecule has 1 N–H and O–H groups in total. The molecule has 0 radical (unpaired) electrons. The number of nitrogens with zero attached hydrogens (tertiary/aromatic N) is 1. The smallest absolute Gasteiger partial charge is 0.337 e. The second-order valence-corrected chi connectivity index (χ2v) is 8.13. The summed E-state index contributed by atoms with van der Waals surface area (Å²) < 4.78 is 24.4. The van der Waals surface area contributed by atoms with Gasteiger partial charge in [0.1, 0.15) is 0 Å². The summed E-state index contributed by atoms with van der Waals surface area (Å²) in [5.41, 5.74) is 0.684. The highest BCUT2D eigenvalue weighted by molar-refractivity contribution is 7.92. The van der Waals surface area contributed by atoms with Crippen LogP contribution in [0.2, 0.25) is 0 Å². The van der Waals surface area contributed by atoms with Gasteiger partial charge in [-0.1, -0.05) is 0 Å². The van der Waals surface area contributed by atoms with Gasteiger partial charge in [-0.3, -0.25) is 0 Å². The quantitative estimate of drug-likeness (QED) is 0.925. The van der Waals surface area contributed by atoms with Gasteiger partial charge in [-0.25, -0.2) is 13.2 Å². The van der Waals surface area contributed by atoms with E-state index in [0.717, 1.165) is 32.4 Å². The average Bonchev–Trinajstić information content (AvgIpc) is 2.47. The fraction of sp³-hybridized carbons (Fsp3) is 0.533. The molecule has 0 bridgehead atoms. The molecule has 1 heterocycles. The molecule has 1 fully saturated rings. The molecule has 5 nitrogen and oxygen atoms in total. The van der Waals surface area contributed by atoms with E-state index in [1.807, 2.05) is 4.90 Å². The maximum absolute atomic E-state index is 12.2. The van der Waals surface area contributed by atoms with Crippen LogP contribution in [0.1, 0.15) is 43.5 Å². The van der Waals surface area contributed by atoms with Crippen LogP contribution >= 0.6 is 0 Å². The van der Waals surface area contributed by atoms with Crippen molar-refractivity contribution < 1.29 is 18.3 Å². The second kappa shape index (κ2) is 6.05. The summed E-state index contributed by atoms with van der Waals surface area (Å²) in [6.45, 7) is 4.82. The molecule has 0 spiro atoms. The number of hydrogen-bond donors (Lipinski definition) is 1. The summed E-state index contributed by atoms with van der Waals surface area (Å²) in [6, 6.07) is 4.44. The van der Waals surface area contributed by atoms with Crippen LogP contribution in [0, 0.1) is 0 Å². The summed E-state index contributed by atoms with van der Waals surface area (Å²) in [5, 5.41) is 8.83. The minimum atomic E-state index is -3.46. The van der Waals surface area contributed by atoms with Gasteiger partial charge in [-0.05, 0) is 51.3 Å². The van der Waals surface area contributed by atoms with Crippen LogP contribution in [0.5, 0.6) is 0 Å². The monoisotopic (exact) mass is 311 g/mol. The molecule has 2 rings (SSSR count). The predicted octanol–water partition coefficient (Wildman–Crippen LogP) is 2.56. The molecule has 116 valence electrons. The number of carboxylic acids is 1. The molecular formula is C15H21NO4S. The second-order valence-electron chi connectivity index (χ2n) is 5.63. The van der Waals surface area contributed by atoms with Gasteiger partial charge >= 0.3 is 5.97 Å². The van der Waals surface area contributed by atoms with Crippen LogP contribution < -0.4 is 4.90 Å². The Balaban J connectivity index is 2.47. The molecule has 1 aliphatic rings. The van der Waals surface area contributed by atoms with Crippen molar-refractivity contribution >= 4 is 21.5 Å². The fourth-order valence-corrected chi connectivity index (χ4v) is 3.63. The van der Waals surface area contributed by atoms with Gasteiger partial charge in [0.2, 0.25) is 0 Å². The lowest BCUT2D eigenvalue weighted by Crippen LogP contribution is -2.31. The SMILES string of the molecule is CC(C)S(=O)(=O)c1ccc(N2CCCCC2)c(C(=O)O)c1. The van der Waals surface area contributed by atoms with Gasteiger partial charge < -0.3 is 10.0 Å². The van der Waals surface area contributed by atoms with E-state index >= 15 is 0 Å². The van der Waals surface area contributed by atoms with Crippen molar-refractivity contribution in [2.45, 2.75) is 43.3 Å². The van der Waals surface area contributed by atoms with Crippen LogP contribution in [-0.4, -0.2) is 37.8 Å². The Kier molecular flexibility index (Phi) is 4.56.